The van der Waals surface area contributed by atoms with Crippen molar-refractivity contribution in [3.63, 3.8) is 0 Å². The molecule has 31 heavy (non-hydrogen) atoms. The highest BCUT2D eigenvalue weighted by Crippen LogP contribution is 2.41. The number of hydrogen-bond donors (Lipinski definition) is 0. The monoisotopic (exact) mass is 422 g/mol. The summed E-state index contributed by atoms with van der Waals surface area (Å²) < 4.78 is 26.2. The number of hydrogen-bond acceptors (Lipinski definition) is 8. The molecule has 0 saturated heterocycles. The lowest BCUT2D eigenvalue weighted by Crippen LogP contribution is -2.07. The molecule has 0 bridgehead atoms. The Kier molecular flexibility index (Phi) is 5.50. The van der Waals surface area contributed by atoms with Crippen LogP contribution in [0.2, 0.25) is 0 Å². The normalized spacial score (nSPS) is 13.0. The van der Waals surface area contributed by atoms with Crippen molar-refractivity contribution in [3.05, 3.63) is 46.5 Å². The Labute approximate surface area is 178 Å². The Morgan fingerprint density at radius 1 is 1.00 bits per heavy atom. The number of benzene rings is 2. The molecule has 2 aromatic carbocycles. The minimum atomic E-state index is -0.468. The predicted molar refractivity (Wildman–Crippen MR) is 106 cm³/mol. The average molecular weight is 422 g/mol. The second-order valence-corrected chi connectivity index (χ2v) is 6.83. The zero-order chi connectivity index (χ0) is 22.0. The van der Waals surface area contributed by atoms with Crippen LogP contribution in [0, 0.1) is 11.8 Å². The molecule has 8 nitrogen and oxygen atoms in total. The number of cyclic esters (lactones) is 1. The molecule has 4 rings (SSSR count). The molecular formula is C23H18O8. The summed E-state index contributed by atoms with van der Waals surface area (Å²) in [5, 5.41) is 0. The summed E-state index contributed by atoms with van der Waals surface area (Å²) in [7, 11) is 0. The maximum absolute atomic E-state index is 12.6. The molecule has 0 atom stereocenters. The first kappa shape index (κ1) is 20.3. The summed E-state index contributed by atoms with van der Waals surface area (Å²) in [5.74, 6) is 5.54. The van der Waals surface area contributed by atoms with E-state index in [0.717, 1.165) is 0 Å². The number of esters is 3. The topological polar surface area (TPSA) is 97.4 Å². The fourth-order valence-electron chi connectivity index (χ4n) is 3.40. The molecule has 0 fully saturated rings. The molecule has 0 unspecified atom stereocenters. The number of rotatable bonds is 4. The van der Waals surface area contributed by atoms with E-state index >= 15 is 0 Å². The molecule has 2 aliphatic heterocycles. The molecule has 0 amide bonds. The van der Waals surface area contributed by atoms with Crippen LogP contribution in [0.3, 0.4) is 0 Å². The van der Waals surface area contributed by atoms with Crippen molar-refractivity contribution < 1.29 is 38.1 Å². The van der Waals surface area contributed by atoms with Crippen LogP contribution in [-0.2, 0) is 37.0 Å². The van der Waals surface area contributed by atoms with Gasteiger partial charge >= 0.3 is 17.9 Å². The molecule has 0 aliphatic carbocycles. The predicted octanol–water partition coefficient (Wildman–Crippen LogP) is 2.73. The van der Waals surface area contributed by atoms with Crippen molar-refractivity contribution in [2.45, 2.75) is 27.1 Å². The quantitative estimate of drug-likeness (QED) is 0.422. The molecule has 2 aliphatic rings. The zero-order valence-corrected chi connectivity index (χ0v) is 16.9. The number of fused-ring (bicyclic) bond motifs is 2. The Bertz CT molecular complexity index is 1150. The van der Waals surface area contributed by atoms with Gasteiger partial charge in [-0.1, -0.05) is 17.9 Å². The van der Waals surface area contributed by atoms with E-state index in [0.29, 0.717) is 44.9 Å². The molecule has 158 valence electrons. The fourth-order valence-corrected chi connectivity index (χ4v) is 3.40. The van der Waals surface area contributed by atoms with Crippen LogP contribution < -0.4 is 9.47 Å². The van der Waals surface area contributed by atoms with Gasteiger partial charge in [-0.05, 0) is 23.8 Å². The molecule has 0 aromatic heterocycles. The van der Waals surface area contributed by atoms with Crippen molar-refractivity contribution in [2.24, 2.45) is 0 Å². The highest BCUT2D eigenvalue weighted by atomic mass is 16.7. The van der Waals surface area contributed by atoms with Crippen LogP contribution in [0.4, 0.5) is 0 Å². The minimum absolute atomic E-state index is 0.0358. The van der Waals surface area contributed by atoms with E-state index in [-0.39, 0.29) is 26.6 Å². The van der Waals surface area contributed by atoms with Crippen molar-refractivity contribution in [3.8, 4) is 34.5 Å². The second kappa shape index (κ2) is 8.40. The lowest BCUT2D eigenvalue weighted by Gasteiger charge is -2.15. The third kappa shape index (κ3) is 4.16. The van der Waals surface area contributed by atoms with Gasteiger partial charge in [0.15, 0.2) is 18.1 Å². The van der Waals surface area contributed by atoms with Gasteiger partial charge in [-0.25, -0.2) is 4.79 Å². The summed E-state index contributed by atoms with van der Waals surface area (Å²) in [5.41, 5.74) is 3.35. The standard InChI is InChI=1S/C23H18O8/c1-13(24)27-7-3-4-18-16(10-28-14(2)25)8-17-11-29-23(26)22(17)21(18)15-5-6-19-20(9-15)31-12-30-19/h5-6,8-9H,7,10-12H2,1-2H3. The Morgan fingerprint density at radius 2 is 1.77 bits per heavy atom. The van der Waals surface area contributed by atoms with Crippen molar-refractivity contribution in [1.82, 2.24) is 0 Å². The van der Waals surface area contributed by atoms with E-state index in [4.69, 9.17) is 23.7 Å². The van der Waals surface area contributed by atoms with E-state index in [2.05, 4.69) is 11.8 Å². The van der Waals surface area contributed by atoms with Crippen LogP contribution in [0.1, 0.15) is 40.9 Å². The maximum atomic E-state index is 12.6. The van der Waals surface area contributed by atoms with Gasteiger partial charge < -0.3 is 23.7 Å². The molecular weight excluding hydrogens is 404 g/mol. The van der Waals surface area contributed by atoms with E-state index < -0.39 is 17.9 Å². The Morgan fingerprint density at radius 3 is 2.55 bits per heavy atom. The first-order valence-corrected chi connectivity index (χ1v) is 9.45. The third-order valence-corrected chi connectivity index (χ3v) is 4.71. The minimum Gasteiger partial charge on any atom is -0.461 e. The first-order chi connectivity index (χ1) is 14.9. The smallest absolute Gasteiger partial charge is 0.339 e. The molecule has 2 heterocycles. The second-order valence-electron chi connectivity index (χ2n) is 6.83. The summed E-state index contributed by atoms with van der Waals surface area (Å²) in [6, 6.07) is 7.05. The Hall–Kier alpha value is -3.99. The molecule has 0 radical (unpaired) electrons. The van der Waals surface area contributed by atoms with Gasteiger partial charge in [-0.3, -0.25) is 9.59 Å². The van der Waals surface area contributed by atoms with Gasteiger partial charge in [0.25, 0.3) is 0 Å². The lowest BCUT2D eigenvalue weighted by molar-refractivity contribution is -0.142. The molecule has 0 saturated carbocycles. The van der Waals surface area contributed by atoms with E-state index in [1.807, 2.05) is 0 Å². The van der Waals surface area contributed by atoms with E-state index in [1.165, 1.54) is 13.8 Å². The fraction of sp³-hybridized carbons (Fsp3) is 0.261. The average Bonchev–Trinajstić information content (AvgIpc) is 3.35. The molecule has 2 aromatic rings. The lowest BCUT2D eigenvalue weighted by atomic mass is 9.88. The third-order valence-electron chi connectivity index (χ3n) is 4.71. The van der Waals surface area contributed by atoms with Crippen LogP contribution in [0.15, 0.2) is 24.3 Å². The van der Waals surface area contributed by atoms with E-state index in [1.54, 1.807) is 24.3 Å². The summed E-state index contributed by atoms with van der Waals surface area (Å²) in [6.45, 7) is 2.67. The first-order valence-electron chi connectivity index (χ1n) is 9.45. The van der Waals surface area contributed by atoms with E-state index in [9.17, 15) is 14.4 Å². The van der Waals surface area contributed by atoms with Crippen molar-refractivity contribution >= 4 is 17.9 Å². The Balaban J connectivity index is 1.90. The van der Waals surface area contributed by atoms with Crippen molar-refractivity contribution in [1.29, 1.82) is 0 Å². The molecule has 0 spiro atoms. The maximum Gasteiger partial charge on any atom is 0.339 e. The molecule has 0 N–H and O–H groups in total. The number of ether oxygens (including phenoxy) is 5. The summed E-state index contributed by atoms with van der Waals surface area (Å²) in [4.78, 5) is 35.0. The highest BCUT2D eigenvalue weighted by Gasteiger charge is 2.30. The van der Waals surface area contributed by atoms with Crippen molar-refractivity contribution in [2.75, 3.05) is 13.4 Å². The summed E-state index contributed by atoms with van der Waals surface area (Å²) in [6.07, 6.45) is 0. The van der Waals surface area contributed by atoms with Crippen LogP contribution in [0.25, 0.3) is 11.1 Å². The van der Waals surface area contributed by atoms with Gasteiger partial charge in [0.2, 0.25) is 6.79 Å². The van der Waals surface area contributed by atoms with Gasteiger partial charge in [-0.2, -0.15) is 0 Å². The van der Waals surface area contributed by atoms with Gasteiger partial charge in [-0.15, -0.1) is 0 Å². The zero-order valence-electron chi connectivity index (χ0n) is 16.9. The van der Waals surface area contributed by atoms with Crippen LogP contribution in [0.5, 0.6) is 11.5 Å². The number of carbonyl (C=O) groups excluding carboxylic acids is 3. The SMILES string of the molecule is CC(=O)OCC#Cc1c(COC(C)=O)cc2c(c1-c1ccc3c(c1)OCO3)C(=O)OC2. The summed E-state index contributed by atoms with van der Waals surface area (Å²) >= 11 is 0. The highest BCUT2D eigenvalue weighted by molar-refractivity contribution is 6.03. The van der Waals surface area contributed by atoms with Crippen LogP contribution >= 0.6 is 0 Å². The van der Waals surface area contributed by atoms with Crippen LogP contribution in [-0.4, -0.2) is 31.3 Å². The van der Waals surface area contributed by atoms with Gasteiger partial charge in [0, 0.05) is 36.1 Å². The van der Waals surface area contributed by atoms with Gasteiger partial charge in [0.05, 0.1) is 5.56 Å². The largest absolute Gasteiger partial charge is 0.461 e. The van der Waals surface area contributed by atoms with Gasteiger partial charge in [0.1, 0.15) is 13.2 Å². The number of carbonyl (C=O) groups is 3. The molecule has 8 heteroatoms.